The number of fused-ring (bicyclic) bond motifs is 1. The summed E-state index contributed by atoms with van der Waals surface area (Å²) in [5.41, 5.74) is 4.06. The second kappa shape index (κ2) is 7.18. The number of aryl methyl sites for hydroxylation is 3. The minimum atomic E-state index is -0.0729. The summed E-state index contributed by atoms with van der Waals surface area (Å²) >= 11 is 1.78. The Morgan fingerprint density at radius 1 is 1.26 bits per heavy atom. The largest absolute Gasteiger partial charge is 0.338 e. The third kappa shape index (κ3) is 3.94. The zero-order chi connectivity index (χ0) is 16.2. The lowest BCUT2D eigenvalue weighted by Crippen LogP contribution is -2.38. The van der Waals surface area contributed by atoms with Crippen molar-refractivity contribution in [3.63, 3.8) is 0 Å². The lowest BCUT2D eigenvalue weighted by atomic mass is 9.83. The highest BCUT2D eigenvalue weighted by Gasteiger charge is 2.20. The summed E-state index contributed by atoms with van der Waals surface area (Å²) in [4.78, 5) is 14.6. The number of hydrogen-bond acceptors (Lipinski definition) is 2. The molecule has 0 saturated carbocycles. The molecule has 1 aromatic heterocycles. The predicted molar refractivity (Wildman–Crippen MR) is 96.2 cm³/mol. The number of amides is 2. The highest BCUT2D eigenvalue weighted by molar-refractivity contribution is 7.12. The van der Waals surface area contributed by atoms with Gasteiger partial charge in [0, 0.05) is 28.8 Å². The number of carbonyl (C=O) groups excluding carboxylic acids is 1. The van der Waals surface area contributed by atoms with E-state index in [1.54, 1.807) is 11.3 Å². The predicted octanol–water partition coefficient (Wildman–Crippen LogP) is 4.28. The van der Waals surface area contributed by atoms with Crippen molar-refractivity contribution in [2.24, 2.45) is 0 Å². The number of benzene rings is 1. The Hall–Kier alpha value is -1.81. The first-order chi connectivity index (χ1) is 11.1. The van der Waals surface area contributed by atoms with E-state index in [2.05, 4.69) is 54.8 Å². The molecular weight excluding hydrogens is 304 g/mol. The number of urea groups is 1. The van der Waals surface area contributed by atoms with Crippen LogP contribution in [0.25, 0.3) is 0 Å². The van der Waals surface area contributed by atoms with Crippen molar-refractivity contribution in [3.05, 3.63) is 56.8 Å². The fourth-order valence-electron chi connectivity index (χ4n) is 3.38. The van der Waals surface area contributed by atoms with Gasteiger partial charge in [-0.05, 0) is 55.9 Å². The molecule has 1 heterocycles. The molecule has 1 aliphatic carbocycles. The molecule has 4 heteroatoms. The lowest BCUT2D eigenvalue weighted by Gasteiger charge is -2.25. The van der Waals surface area contributed by atoms with E-state index in [0.717, 1.165) is 12.8 Å². The van der Waals surface area contributed by atoms with Crippen LogP contribution in [0.3, 0.4) is 0 Å². The Morgan fingerprint density at radius 3 is 2.87 bits per heavy atom. The van der Waals surface area contributed by atoms with Crippen LogP contribution in [0, 0.1) is 13.8 Å². The van der Waals surface area contributed by atoms with Crippen LogP contribution in [0.15, 0.2) is 30.3 Å². The van der Waals surface area contributed by atoms with E-state index in [-0.39, 0.29) is 6.03 Å². The Balaban J connectivity index is 1.51. The fourth-order valence-corrected chi connectivity index (χ4v) is 4.33. The molecule has 122 valence electrons. The van der Waals surface area contributed by atoms with Crippen molar-refractivity contribution in [2.45, 2.75) is 45.6 Å². The van der Waals surface area contributed by atoms with Gasteiger partial charge >= 0.3 is 6.03 Å². The molecule has 3 rings (SSSR count). The van der Waals surface area contributed by atoms with Crippen molar-refractivity contribution < 1.29 is 4.79 Å². The van der Waals surface area contributed by atoms with Crippen LogP contribution in [0.5, 0.6) is 0 Å². The molecule has 2 aromatic rings. The molecule has 0 bridgehead atoms. The van der Waals surface area contributed by atoms with Gasteiger partial charge < -0.3 is 10.6 Å². The summed E-state index contributed by atoms with van der Waals surface area (Å²) in [7, 11) is 0. The van der Waals surface area contributed by atoms with Gasteiger partial charge in [-0.15, -0.1) is 11.3 Å². The molecule has 3 nitrogen and oxygen atoms in total. The number of nitrogens with one attached hydrogen (secondary N) is 2. The molecule has 2 N–H and O–H groups in total. The molecule has 1 aromatic carbocycles. The van der Waals surface area contributed by atoms with Gasteiger partial charge in [-0.3, -0.25) is 0 Å². The first-order valence-electron chi connectivity index (χ1n) is 8.29. The van der Waals surface area contributed by atoms with Crippen LogP contribution in [0.1, 0.15) is 45.2 Å². The number of rotatable bonds is 4. The summed E-state index contributed by atoms with van der Waals surface area (Å²) in [6, 6.07) is 10.7. The highest BCUT2D eigenvalue weighted by Crippen LogP contribution is 2.30. The maximum Gasteiger partial charge on any atom is 0.315 e. The average Bonchev–Trinajstić information content (AvgIpc) is 2.88. The van der Waals surface area contributed by atoms with Crippen molar-refractivity contribution >= 4 is 17.4 Å². The van der Waals surface area contributed by atoms with E-state index in [0.29, 0.717) is 19.0 Å². The Kier molecular flexibility index (Phi) is 5.01. The summed E-state index contributed by atoms with van der Waals surface area (Å²) in [5, 5.41) is 6.02. The van der Waals surface area contributed by atoms with Crippen LogP contribution in [-0.4, -0.2) is 12.6 Å². The molecule has 0 spiro atoms. The molecule has 0 aliphatic heterocycles. The molecule has 0 saturated heterocycles. The van der Waals surface area contributed by atoms with Crippen molar-refractivity contribution in [3.8, 4) is 0 Å². The Labute approximate surface area is 142 Å². The molecule has 1 aliphatic rings. The van der Waals surface area contributed by atoms with E-state index >= 15 is 0 Å². The van der Waals surface area contributed by atoms with Gasteiger partial charge in [-0.1, -0.05) is 24.3 Å². The average molecular weight is 328 g/mol. The van der Waals surface area contributed by atoms with Gasteiger partial charge in [0.1, 0.15) is 0 Å². The zero-order valence-electron chi connectivity index (χ0n) is 13.8. The molecule has 0 radical (unpaired) electrons. The minimum absolute atomic E-state index is 0.0729. The van der Waals surface area contributed by atoms with E-state index in [1.165, 1.54) is 32.9 Å². The summed E-state index contributed by atoms with van der Waals surface area (Å²) in [6.45, 7) is 5.51. The van der Waals surface area contributed by atoms with Gasteiger partial charge in [0.05, 0.1) is 0 Å². The first kappa shape index (κ1) is 16.1. The molecule has 23 heavy (non-hydrogen) atoms. The third-order valence-electron chi connectivity index (χ3n) is 4.59. The van der Waals surface area contributed by atoms with E-state index in [9.17, 15) is 4.79 Å². The maximum absolute atomic E-state index is 12.1. The molecule has 1 unspecified atom stereocenters. The smallest absolute Gasteiger partial charge is 0.315 e. The quantitative estimate of drug-likeness (QED) is 0.864. The van der Waals surface area contributed by atoms with Gasteiger partial charge in [0.15, 0.2) is 0 Å². The molecule has 0 fully saturated rings. The Morgan fingerprint density at radius 2 is 2.09 bits per heavy atom. The topological polar surface area (TPSA) is 41.1 Å². The van der Waals surface area contributed by atoms with Crippen LogP contribution in [0.4, 0.5) is 4.79 Å². The number of thiophene rings is 1. The number of hydrogen-bond donors (Lipinski definition) is 2. The zero-order valence-corrected chi connectivity index (χ0v) is 14.6. The van der Waals surface area contributed by atoms with Gasteiger partial charge in [0.2, 0.25) is 0 Å². The molecule has 2 amide bonds. The van der Waals surface area contributed by atoms with Crippen LogP contribution < -0.4 is 10.6 Å². The SMILES string of the molecule is Cc1cc(CNC(=O)NCC2CCCc3ccccc32)c(C)s1. The van der Waals surface area contributed by atoms with Gasteiger partial charge in [-0.25, -0.2) is 4.79 Å². The summed E-state index contributed by atoms with van der Waals surface area (Å²) in [6.07, 6.45) is 3.52. The van der Waals surface area contributed by atoms with Crippen LogP contribution in [0.2, 0.25) is 0 Å². The van der Waals surface area contributed by atoms with Gasteiger partial charge in [-0.2, -0.15) is 0 Å². The second-order valence-electron chi connectivity index (χ2n) is 6.29. The summed E-state index contributed by atoms with van der Waals surface area (Å²) < 4.78 is 0. The first-order valence-corrected chi connectivity index (χ1v) is 9.10. The van der Waals surface area contributed by atoms with Crippen LogP contribution in [-0.2, 0) is 13.0 Å². The third-order valence-corrected chi connectivity index (χ3v) is 5.59. The number of carbonyl (C=O) groups is 1. The molecular formula is C19H24N2OS. The second-order valence-corrected chi connectivity index (χ2v) is 7.75. The van der Waals surface area contributed by atoms with E-state index < -0.39 is 0 Å². The normalized spacial score (nSPS) is 16.7. The fraction of sp³-hybridized carbons (Fsp3) is 0.421. The van der Waals surface area contributed by atoms with Crippen molar-refractivity contribution in [2.75, 3.05) is 6.54 Å². The highest BCUT2D eigenvalue weighted by atomic mass is 32.1. The molecule has 1 atom stereocenters. The van der Waals surface area contributed by atoms with E-state index in [4.69, 9.17) is 0 Å². The van der Waals surface area contributed by atoms with Crippen molar-refractivity contribution in [1.82, 2.24) is 10.6 Å². The lowest BCUT2D eigenvalue weighted by molar-refractivity contribution is 0.239. The summed E-state index contributed by atoms with van der Waals surface area (Å²) in [5.74, 6) is 0.441. The maximum atomic E-state index is 12.1. The van der Waals surface area contributed by atoms with E-state index in [1.807, 2.05) is 0 Å². The van der Waals surface area contributed by atoms with Gasteiger partial charge in [0.25, 0.3) is 0 Å². The Bertz CT molecular complexity index is 692. The monoisotopic (exact) mass is 328 g/mol. The van der Waals surface area contributed by atoms with Crippen molar-refractivity contribution in [1.29, 1.82) is 0 Å². The minimum Gasteiger partial charge on any atom is -0.338 e. The van der Waals surface area contributed by atoms with Crippen LogP contribution >= 0.6 is 11.3 Å². The standard InChI is InChI=1S/C19H24N2OS/c1-13-10-17(14(2)23-13)12-21-19(22)20-11-16-8-5-7-15-6-3-4-9-18(15)16/h3-4,6,9-10,16H,5,7-8,11-12H2,1-2H3,(H2,20,21,22).